The maximum absolute atomic E-state index is 12.9. The average molecular weight is 427 g/mol. The maximum atomic E-state index is 12.9. The number of nitrogens with two attached hydrogens (primary N) is 1. The van der Waals surface area contributed by atoms with E-state index in [1.165, 1.54) is 0 Å². The summed E-state index contributed by atoms with van der Waals surface area (Å²) in [5.41, 5.74) is 8.65. The number of nitrogen functional groups attached to an aromatic ring is 1. The second kappa shape index (κ2) is 8.53. The molecule has 1 saturated heterocycles. The van der Waals surface area contributed by atoms with Gasteiger partial charge in [0.15, 0.2) is 0 Å². The third-order valence-electron chi connectivity index (χ3n) is 5.30. The molecule has 3 aromatic rings. The fourth-order valence-electron chi connectivity index (χ4n) is 3.64. The Hall–Kier alpha value is -2.41. The Morgan fingerprint density at radius 2 is 2.14 bits per heavy atom. The van der Waals surface area contributed by atoms with Crippen LogP contribution in [0.1, 0.15) is 17.4 Å². The largest absolute Gasteiger partial charge is 0.398 e. The van der Waals surface area contributed by atoms with Gasteiger partial charge in [-0.05, 0) is 42.8 Å². The van der Waals surface area contributed by atoms with E-state index in [0.29, 0.717) is 13.1 Å². The molecule has 2 aromatic heterocycles. The molecule has 1 fully saturated rings. The smallest absolute Gasteiger partial charge is 0.239 e. The number of rotatable bonds is 5. The van der Waals surface area contributed by atoms with Gasteiger partial charge in [-0.2, -0.15) is 0 Å². The molecule has 5 nitrogen and oxygen atoms in total. The van der Waals surface area contributed by atoms with Gasteiger partial charge in [0.1, 0.15) is 0 Å². The zero-order valence-electron chi connectivity index (χ0n) is 16.2. The first kappa shape index (κ1) is 19.9. The van der Waals surface area contributed by atoms with Crippen molar-refractivity contribution in [2.24, 2.45) is 0 Å². The minimum Gasteiger partial charge on any atom is -0.398 e. The molecule has 2 N–H and O–H groups in total. The SMILES string of the molecule is CC1C(=O)N(Cc2ccc3c(N)ccnc3c2)CCN1C/C=C/c1ccc(Cl)s1. The number of benzene rings is 1. The molecule has 3 heterocycles. The summed E-state index contributed by atoms with van der Waals surface area (Å²) in [6.45, 7) is 4.88. The Balaban J connectivity index is 1.39. The van der Waals surface area contributed by atoms with Crippen LogP contribution in [0.15, 0.2) is 48.7 Å². The van der Waals surface area contributed by atoms with Crippen molar-refractivity contribution in [1.82, 2.24) is 14.8 Å². The molecule has 4 rings (SSSR count). The van der Waals surface area contributed by atoms with Crippen LogP contribution in [-0.2, 0) is 11.3 Å². The Kier molecular flexibility index (Phi) is 5.85. The Bertz CT molecular complexity index is 1060. The second-order valence-electron chi connectivity index (χ2n) is 7.23. The number of carbonyl (C=O) groups is 1. The molecular formula is C22H23ClN4OS. The number of hydrogen-bond acceptors (Lipinski definition) is 5. The van der Waals surface area contributed by atoms with E-state index >= 15 is 0 Å². The first-order valence-electron chi connectivity index (χ1n) is 9.59. The van der Waals surface area contributed by atoms with Gasteiger partial charge in [-0.3, -0.25) is 14.7 Å². The number of aromatic nitrogens is 1. The molecule has 0 aliphatic carbocycles. The van der Waals surface area contributed by atoms with E-state index in [2.05, 4.69) is 22.0 Å². The number of anilines is 1. The molecule has 1 atom stereocenters. The van der Waals surface area contributed by atoms with Gasteiger partial charge in [-0.25, -0.2) is 0 Å². The van der Waals surface area contributed by atoms with E-state index in [1.807, 2.05) is 42.2 Å². The topological polar surface area (TPSA) is 62.5 Å². The molecule has 0 saturated carbocycles. The minimum absolute atomic E-state index is 0.144. The summed E-state index contributed by atoms with van der Waals surface area (Å²) in [5.74, 6) is 0.157. The van der Waals surface area contributed by atoms with Gasteiger partial charge >= 0.3 is 0 Å². The number of hydrogen-bond donors (Lipinski definition) is 1. The van der Waals surface area contributed by atoms with Crippen LogP contribution >= 0.6 is 22.9 Å². The third kappa shape index (κ3) is 4.45. The number of thiophene rings is 1. The molecule has 0 radical (unpaired) electrons. The summed E-state index contributed by atoms with van der Waals surface area (Å²) in [4.78, 5) is 22.6. The second-order valence-corrected chi connectivity index (χ2v) is 8.97. The van der Waals surface area contributed by atoms with E-state index in [0.717, 1.165) is 44.5 Å². The summed E-state index contributed by atoms with van der Waals surface area (Å²) in [6.07, 6.45) is 5.88. The van der Waals surface area contributed by atoms with E-state index in [4.69, 9.17) is 17.3 Å². The predicted octanol–water partition coefficient (Wildman–Crippen LogP) is 4.28. The van der Waals surface area contributed by atoms with E-state index in [-0.39, 0.29) is 11.9 Å². The van der Waals surface area contributed by atoms with Crippen molar-refractivity contribution in [3.05, 3.63) is 63.4 Å². The standard InChI is InChI=1S/C22H23ClN4OS/c1-15-22(28)27(12-11-26(15)10-2-3-17-5-7-21(23)29-17)14-16-4-6-18-19(24)8-9-25-20(18)13-16/h2-9,13,15H,10-12,14H2,1H3,(H2,24,25)/b3-2+. The highest BCUT2D eigenvalue weighted by molar-refractivity contribution is 7.16. The van der Waals surface area contributed by atoms with Crippen LogP contribution < -0.4 is 5.73 Å². The summed E-state index contributed by atoms with van der Waals surface area (Å²) in [6, 6.07) is 11.6. The lowest BCUT2D eigenvalue weighted by molar-refractivity contribution is -0.141. The highest BCUT2D eigenvalue weighted by Gasteiger charge is 2.30. The zero-order chi connectivity index (χ0) is 20.4. The van der Waals surface area contributed by atoms with E-state index < -0.39 is 0 Å². The van der Waals surface area contributed by atoms with E-state index in [9.17, 15) is 4.79 Å². The number of halogens is 1. The van der Waals surface area contributed by atoms with Crippen molar-refractivity contribution >= 4 is 51.5 Å². The summed E-state index contributed by atoms with van der Waals surface area (Å²) in [7, 11) is 0. The monoisotopic (exact) mass is 426 g/mol. The first-order valence-corrected chi connectivity index (χ1v) is 10.8. The van der Waals surface area contributed by atoms with Crippen molar-refractivity contribution in [2.45, 2.75) is 19.5 Å². The number of pyridine rings is 1. The van der Waals surface area contributed by atoms with Crippen LogP contribution in [0.2, 0.25) is 4.34 Å². The summed E-state index contributed by atoms with van der Waals surface area (Å²) < 4.78 is 0.786. The van der Waals surface area contributed by atoms with Crippen LogP contribution in [0.3, 0.4) is 0 Å². The first-order chi connectivity index (χ1) is 14.0. The van der Waals surface area contributed by atoms with Crippen molar-refractivity contribution in [2.75, 3.05) is 25.4 Å². The molecule has 0 bridgehead atoms. The lowest BCUT2D eigenvalue weighted by Crippen LogP contribution is -2.55. The molecule has 1 unspecified atom stereocenters. The van der Waals surface area contributed by atoms with Crippen LogP contribution in [-0.4, -0.2) is 46.4 Å². The summed E-state index contributed by atoms with van der Waals surface area (Å²) in [5, 5.41) is 0.944. The maximum Gasteiger partial charge on any atom is 0.239 e. The number of nitrogens with zero attached hydrogens (tertiary/aromatic N) is 3. The number of carbonyl (C=O) groups excluding carboxylic acids is 1. The van der Waals surface area contributed by atoms with Crippen molar-refractivity contribution in [1.29, 1.82) is 0 Å². The lowest BCUT2D eigenvalue weighted by atomic mass is 10.1. The van der Waals surface area contributed by atoms with Crippen LogP contribution in [0.25, 0.3) is 17.0 Å². The Labute approximate surface area is 179 Å². The Morgan fingerprint density at radius 1 is 1.28 bits per heavy atom. The van der Waals surface area contributed by atoms with Crippen molar-refractivity contribution in [3.8, 4) is 0 Å². The fourth-order valence-corrected chi connectivity index (χ4v) is 4.63. The number of amides is 1. The highest BCUT2D eigenvalue weighted by atomic mass is 35.5. The molecule has 1 aromatic carbocycles. The molecule has 0 spiro atoms. The number of piperazine rings is 1. The van der Waals surface area contributed by atoms with Crippen LogP contribution in [0.4, 0.5) is 5.69 Å². The van der Waals surface area contributed by atoms with Gasteiger partial charge in [-0.15, -0.1) is 11.3 Å². The molecule has 1 aliphatic heterocycles. The molecule has 7 heteroatoms. The number of fused-ring (bicyclic) bond motifs is 1. The Morgan fingerprint density at radius 3 is 2.93 bits per heavy atom. The quantitative estimate of drug-likeness (QED) is 0.661. The summed E-state index contributed by atoms with van der Waals surface area (Å²) >= 11 is 7.52. The van der Waals surface area contributed by atoms with Crippen LogP contribution in [0.5, 0.6) is 0 Å². The van der Waals surface area contributed by atoms with Gasteiger partial charge in [-0.1, -0.05) is 29.8 Å². The molecule has 1 aliphatic rings. The molecular weight excluding hydrogens is 404 g/mol. The van der Waals surface area contributed by atoms with Gasteiger partial charge in [0.05, 0.1) is 15.9 Å². The van der Waals surface area contributed by atoms with Gasteiger partial charge in [0.25, 0.3) is 0 Å². The van der Waals surface area contributed by atoms with Crippen molar-refractivity contribution in [3.63, 3.8) is 0 Å². The fraction of sp³-hybridized carbons (Fsp3) is 0.273. The van der Waals surface area contributed by atoms with Crippen LogP contribution in [0, 0.1) is 0 Å². The third-order valence-corrected chi connectivity index (χ3v) is 6.50. The molecule has 29 heavy (non-hydrogen) atoms. The average Bonchev–Trinajstić information content (AvgIpc) is 3.12. The van der Waals surface area contributed by atoms with Crippen molar-refractivity contribution < 1.29 is 4.79 Å². The zero-order valence-corrected chi connectivity index (χ0v) is 17.8. The lowest BCUT2D eigenvalue weighted by Gasteiger charge is -2.38. The predicted molar refractivity (Wildman–Crippen MR) is 121 cm³/mol. The normalized spacial score (nSPS) is 18.2. The van der Waals surface area contributed by atoms with Gasteiger partial charge < -0.3 is 10.6 Å². The van der Waals surface area contributed by atoms with Gasteiger partial charge in [0, 0.05) is 48.3 Å². The highest BCUT2D eigenvalue weighted by Crippen LogP contribution is 2.23. The molecule has 1 amide bonds. The molecule has 150 valence electrons. The minimum atomic E-state index is -0.144. The van der Waals surface area contributed by atoms with E-state index in [1.54, 1.807) is 23.6 Å². The van der Waals surface area contributed by atoms with Gasteiger partial charge in [0.2, 0.25) is 5.91 Å².